The van der Waals surface area contributed by atoms with E-state index in [2.05, 4.69) is 21.5 Å². The molecular formula is C16H18N4O2. The Morgan fingerprint density at radius 2 is 1.64 bits per heavy atom. The van der Waals surface area contributed by atoms with E-state index in [-0.39, 0.29) is 18.2 Å². The summed E-state index contributed by atoms with van der Waals surface area (Å²) in [6.07, 6.45) is -0.357. The standard InChI is InChI=1S/C16H18N4O2/c1-11-15(21)18-16(20-19-11)17-12-7-9-14(10-8-12)22-13-5-3-2-4-6-13/h2-11,16-17,19-20H,1H3,(H,18,21). The average molecular weight is 298 g/mol. The van der Waals surface area contributed by atoms with E-state index in [0.29, 0.717) is 0 Å². The molecule has 2 atom stereocenters. The Morgan fingerprint density at radius 1 is 0.955 bits per heavy atom. The van der Waals surface area contributed by atoms with E-state index in [4.69, 9.17) is 4.74 Å². The highest BCUT2D eigenvalue weighted by molar-refractivity contribution is 5.82. The van der Waals surface area contributed by atoms with E-state index in [9.17, 15) is 4.79 Å². The molecule has 0 spiro atoms. The fourth-order valence-corrected chi connectivity index (χ4v) is 2.06. The molecule has 0 aliphatic carbocycles. The molecule has 1 heterocycles. The number of carbonyl (C=O) groups excluding carboxylic acids is 1. The molecule has 22 heavy (non-hydrogen) atoms. The summed E-state index contributed by atoms with van der Waals surface area (Å²) in [5, 5.41) is 5.98. The first kappa shape index (κ1) is 14.4. The van der Waals surface area contributed by atoms with Crippen LogP contribution >= 0.6 is 0 Å². The van der Waals surface area contributed by atoms with Crippen molar-refractivity contribution in [3.8, 4) is 11.5 Å². The van der Waals surface area contributed by atoms with Crippen molar-refractivity contribution < 1.29 is 9.53 Å². The fraction of sp³-hybridized carbons (Fsp3) is 0.188. The van der Waals surface area contributed by atoms with Crippen molar-refractivity contribution in [2.24, 2.45) is 0 Å². The third-order valence-electron chi connectivity index (χ3n) is 3.27. The molecule has 3 rings (SSSR count). The van der Waals surface area contributed by atoms with Crippen molar-refractivity contribution in [1.29, 1.82) is 0 Å². The maximum Gasteiger partial charge on any atom is 0.240 e. The summed E-state index contributed by atoms with van der Waals surface area (Å²) >= 11 is 0. The van der Waals surface area contributed by atoms with Gasteiger partial charge >= 0.3 is 0 Å². The van der Waals surface area contributed by atoms with Gasteiger partial charge in [-0.15, -0.1) is 0 Å². The molecule has 2 unspecified atom stereocenters. The zero-order valence-electron chi connectivity index (χ0n) is 12.2. The van der Waals surface area contributed by atoms with Crippen LogP contribution in [-0.4, -0.2) is 18.2 Å². The van der Waals surface area contributed by atoms with Crippen molar-refractivity contribution in [3.63, 3.8) is 0 Å². The molecule has 1 aliphatic rings. The van der Waals surface area contributed by atoms with E-state index >= 15 is 0 Å². The van der Waals surface area contributed by atoms with Gasteiger partial charge in [0, 0.05) is 5.69 Å². The number of anilines is 1. The van der Waals surface area contributed by atoms with Crippen LogP contribution in [0.15, 0.2) is 54.6 Å². The SMILES string of the molecule is CC1NNC(Nc2ccc(Oc3ccccc3)cc2)NC1=O. The Labute approximate surface area is 128 Å². The first-order valence-corrected chi connectivity index (χ1v) is 7.12. The lowest BCUT2D eigenvalue weighted by atomic mass is 10.3. The molecule has 2 aromatic rings. The van der Waals surface area contributed by atoms with Crippen LogP contribution < -0.4 is 26.2 Å². The van der Waals surface area contributed by atoms with Crippen molar-refractivity contribution in [2.75, 3.05) is 5.32 Å². The largest absolute Gasteiger partial charge is 0.457 e. The predicted octanol–water partition coefficient (Wildman–Crippen LogP) is 1.79. The molecular weight excluding hydrogens is 280 g/mol. The van der Waals surface area contributed by atoms with E-state index in [1.54, 1.807) is 6.92 Å². The van der Waals surface area contributed by atoms with Crippen LogP contribution in [0, 0.1) is 0 Å². The summed E-state index contributed by atoms with van der Waals surface area (Å²) in [5.74, 6) is 1.49. The smallest absolute Gasteiger partial charge is 0.240 e. The van der Waals surface area contributed by atoms with Crippen LogP contribution in [0.4, 0.5) is 5.69 Å². The van der Waals surface area contributed by atoms with Gasteiger partial charge in [-0.25, -0.2) is 10.9 Å². The van der Waals surface area contributed by atoms with Gasteiger partial charge in [0.1, 0.15) is 11.5 Å². The second-order valence-electron chi connectivity index (χ2n) is 5.04. The van der Waals surface area contributed by atoms with Crippen LogP contribution in [0.5, 0.6) is 11.5 Å². The number of hydrogen-bond donors (Lipinski definition) is 4. The normalized spacial score (nSPS) is 21.0. The summed E-state index contributed by atoms with van der Waals surface area (Å²) in [6, 6.07) is 16.9. The lowest BCUT2D eigenvalue weighted by Crippen LogP contribution is -2.66. The molecule has 4 N–H and O–H groups in total. The zero-order valence-corrected chi connectivity index (χ0v) is 12.2. The van der Waals surface area contributed by atoms with Crippen LogP contribution in [0.2, 0.25) is 0 Å². The van der Waals surface area contributed by atoms with Crippen LogP contribution in [0.3, 0.4) is 0 Å². The van der Waals surface area contributed by atoms with Crippen molar-refractivity contribution in [3.05, 3.63) is 54.6 Å². The molecule has 1 fully saturated rings. The molecule has 2 aromatic carbocycles. The summed E-state index contributed by atoms with van der Waals surface area (Å²) in [4.78, 5) is 11.6. The number of hydrogen-bond acceptors (Lipinski definition) is 5. The minimum Gasteiger partial charge on any atom is -0.457 e. The number of benzene rings is 2. The van der Waals surface area contributed by atoms with Gasteiger partial charge in [0.05, 0.1) is 6.04 Å². The van der Waals surface area contributed by atoms with Gasteiger partial charge in [-0.2, -0.15) is 0 Å². The van der Waals surface area contributed by atoms with E-state index in [1.807, 2.05) is 54.6 Å². The molecule has 1 saturated heterocycles. The number of hydrazine groups is 1. The van der Waals surface area contributed by atoms with Crippen molar-refractivity contribution >= 4 is 11.6 Å². The number of amides is 1. The zero-order chi connectivity index (χ0) is 15.4. The van der Waals surface area contributed by atoms with Gasteiger partial charge in [0.2, 0.25) is 5.91 Å². The molecule has 0 radical (unpaired) electrons. The lowest BCUT2D eigenvalue weighted by Gasteiger charge is -2.30. The van der Waals surface area contributed by atoms with Crippen LogP contribution in [0.25, 0.3) is 0 Å². The molecule has 114 valence electrons. The number of carbonyl (C=O) groups is 1. The highest BCUT2D eigenvalue weighted by atomic mass is 16.5. The first-order chi connectivity index (χ1) is 10.7. The number of rotatable bonds is 4. The molecule has 0 bridgehead atoms. The Hall–Kier alpha value is -2.57. The average Bonchev–Trinajstić information content (AvgIpc) is 2.54. The molecule has 0 aromatic heterocycles. The Kier molecular flexibility index (Phi) is 4.22. The second kappa shape index (κ2) is 6.46. The lowest BCUT2D eigenvalue weighted by molar-refractivity contribution is -0.125. The molecule has 6 heteroatoms. The van der Waals surface area contributed by atoms with Gasteiger partial charge in [0.15, 0.2) is 6.29 Å². The molecule has 1 amide bonds. The van der Waals surface area contributed by atoms with Crippen molar-refractivity contribution in [1.82, 2.24) is 16.2 Å². The fourth-order valence-electron chi connectivity index (χ4n) is 2.06. The van der Waals surface area contributed by atoms with E-state index < -0.39 is 0 Å². The molecule has 6 nitrogen and oxygen atoms in total. The topological polar surface area (TPSA) is 74.4 Å². The number of para-hydroxylation sites is 1. The quantitative estimate of drug-likeness (QED) is 0.692. The third-order valence-corrected chi connectivity index (χ3v) is 3.27. The van der Waals surface area contributed by atoms with Gasteiger partial charge in [-0.1, -0.05) is 18.2 Å². The summed E-state index contributed by atoms with van der Waals surface area (Å²) in [5.41, 5.74) is 6.74. The molecule has 1 aliphatic heterocycles. The van der Waals surface area contributed by atoms with Gasteiger partial charge in [-0.3, -0.25) is 4.79 Å². The summed E-state index contributed by atoms with van der Waals surface area (Å²) in [7, 11) is 0. The van der Waals surface area contributed by atoms with Gasteiger partial charge in [-0.05, 0) is 43.3 Å². The second-order valence-corrected chi connectivity index (χ2v) is 5.04. The predicted molar refractivity (Wildman–Crippen MR) is 84.2 cm³/mol. The van der Waals surface area contributed by atoms with Gasteiger partial charge in [0.25, 0.3) is 0 Å². The van der Waals surface area contributed by atoms with E-state index in [1.165, 1.54) is 0 Å². The van der Waals surface area contributed by atoms with Gasteiger partial charge < -0.3 is 15.4 Å². The Balaban J connectivity index is 1.59. The number of ether oxygens (including phenoxy) is 1. The monoisotopic (exact) mass is 298 g/mol. The van der Waals surface area contributed by atoms with E-state index in [0.717, 1.165) is 17.2 Å². The highest BCUT2D eigenvalue weighted by Gasteiger charge is 2.22. The first-order valence-electron chi connectivity index (χ1n) is 7.12. The Bertz CT molecular complexity index is 630. The minimum absolute atomic E-state index is 0.0553. The summed E-state index contributed by atoms with van der Waals surface area (Å²) < 4.78 is 5.73. The maximum absolute atomic E-state index is 11.6. The Morgan fingerprint density at radius 3 is 2.32 bits per heavy atom. The highest BCUT2D eigenvalue weighted by Crippen LogP contribution is 2.22. The minimum atomic E-state index is -0.357. The number of nitrogens with one attached hydrogen (secondary N) is 4. The van der Waals surface area contributed by atoms with Crippen LogP contribution in [0.1, 0.15) is 6.92 Å². The van der Waals surface area contributed by atoms with Crippen LogP contribution in [-0.2, 0) is 4.79 Å². The maximum atomic E-state index is 11.6. The summed E-state index contributed by atoms with van der Waals surface area (Å²) in [6.45, 7) is 1.79. The molecule has 0 saturated carbocycles. The van der Waals surface area contributed by atoms with Crippen molar-refractivity contribution in [2.45, 2.75) is 19.3 Å². The third kappa shape index (κ3) is 3.55.